The standard InChI is InChI=1S/C15H19Cl2N3OS/c1-10(2)7-8-18-15(22)20-19-14(21)6-4-11-3-5-12(16)13(17)9-11/h3-6,9-10H,7-8H2,1-2H3,(H,19,21)(H2,18,20,22)/b6-4+. The van der Waals surface area contributed by atoms with E-state index in [-0.39, 0.29) is 5.91 Å². The Balaban J connectivity index is 2.35. The first kappa shape index (κ1) is 18.7. The molecule has 0 aliphatic heterocycles. The molecule has 0 aromatic heterocycles. The van der Waals surface area contributed by atoms with Crippen LogP contribution in [-0.4, -0.2) is 17.6 Å². The molecule has 1 rings (SSSR count). The summed E-state index contributed by atoms with van der Waals surface area (Å²) in [7, 11) is 0. The molecule has 0 saturated carbocycles. The van der Waals surface area contributed by atoms with Gasteiger partial charge in [-0.15, -0.1) is 0 Å². The van der Waals surface area contributed by atoms with Gasteiger partial charge >= 0.3 is 0 Å². The molecule has 0 spiro atoms. The molecule has 0 saturated heterocycles. The number of carbonyl (C=O) groups is 1. The summed E-state index contributed by atoms with van der Waals surface area (Å²) >= 11 is 16.8. The Labute approximate surface area is 146 Å². The van der Waals surface area contributed by atoms with Crippen molar-refractivity contribution in [2.24, 2.45) is 5.92 Å². The fraction of sp³-hybridized carbons (Fsp3) is 0.333. The van der Waals surface area contributed by atoms with Gasteiger partial charge in [0.15, 0.2) is 5.11 Å². The third-order valence-corrected chi connectivity index (χ3v) is 3.66. The summed E-state index contributed by atoms with van der Waals surface area (Å²) in [6.45, 7) is 5.03. The Hall–Kier alpha value is -1.30. The molecule has 120 valence electrons. The lowest BCUT2D eigenvalue weighted by Crippen LogP contribution is -2.46. The van der Waals surface area contributed by atoms with E-state index in [2.05, 4.69) is 30.0 Å². The van der Waals surface area contributed by atoms with Crippen molar-refractivity contribution in [3.63, 3.8) is 0 Å². The van der Waals surface area contributed by atoms with Crippen LogP contribution in [0.1, 0.15) is 25.8 Å². The van der Waals surface area contributed by atoms with Crippen LogP contribution < -0.4 is 16.2 Å². The van der Waals surface area contributed by atoms with Gasteiger partial charge in [0.1, 0.15) is 0 Å². The zero-order valence-corrected chi connectivity index (χ0v) is 14.8. The smallest absolute Gasteiger partial charge is 0.262 e. The van der Waals surface area contributed by atoms with Gasteiger partial charge in [-0.2, -0.15) is 0 Å². The maximum absolute atomic E-state index is 11.6. The van der Waals surface area contributed by atoms with E-state index in [1.165, 1.54) is 6.08 Å². The molecule has 0 aliphatic carbocycles. The SMILES string of the molecule is CC(C)CCNC(=S)NNC(=O)/C=C/c1ccc(Cl)c(Cl)c1. The number of thiocarbonyl (C=S) groups is 1. The Bertz CT molecular complexity index is 562. The average Bonchev–Trinajstić information content (AvgIpc) is 2.46. The summed E-state index contributed by atoms with van der Waals surface area (Å²) in [5, 5.41) is 4.31. The maximum atomic E-state index is 11.6. The Kier molecular flexibility index (Phi) is 8.24. The molecular weight excluding hydrogens is 341 g/mol. The summed E-state index contributed by atoms with van der Waals surface area (Å²) in [6.07, 6.45) is 4.02. The van der Waals surface area contributed by atoms with Crippen molar-refractivity contribution in [1.82, 2.24) is 16.2 Å². The van der Waals surface area contributed by atoms with Gasteiger partial charge in [-0.3, -0.25) is 15.6 Å². The normalized spacial score (nSPS) is 10.8. The summed E-state index contributed by atoms with van der Waals surface area (Å²) in [5.74, 6) is 0.276. The van der Waals surface area contributed by atoms with E-state index in [4.69, 9.17) is 35.4 Å². The number of rotatable bonds is 5. The molecule has 3 N–H and O–H groups in total. The van der Waals surface area contributed by atoms with E-state index in [0.29, 0.717) is 21.1 Å². The zero-order chi connectivity index (χ0) is 16.5. The van der Waals surface area contributed by atoms with Crippen molar-refractivity contribution in [3.8, 4) is 0 Å². The van der Waals surface area contributed by atoms with Gasteiger partial charge in [0, 0.05) is 12.6 Å². The molecule has 0 radical (unpaired) electrons. The lowest BCUT2D eigenvalue weighted by molar-refractivity contribution is -0.116. The number of benzene rings is 1. The van der Waals surface area contributed by atoms with Crippen molar-refractivity contribution < 1.29 is 4.79 Å². The van der Waals surface area contributed by atoms with Gasteiger partial charge in [-0.1, -0.05) is 43.1 Å². The minimum Gasteiger partial charge on any atom is -0.361 e. The number of hydrazine groups is 1. The van der Waals surface area contributed by atoms with E-state index >= 15 is 0 Å². The zero-order valence-electron chi connectivity index (χ0n) is 12.5. The van der Waals surface area contributed by atoms with Crippen LogP contribution >= 0.6 is 35.4 Å². The molecule has 0 bridgehead atoms. The second-order valence-corrected chi connectivity index (χ2v) is 6.28. The third kappa shape index (κ3) is 7.64. The molecule has 0 unspecified atom stereocenters. The van der Waals surface area contributed by atoms with Gasteiger partial charge in [0.25, 0.3) is 5.91 Å². The highest BCUT2D eigenvalue weighted by Crippen LogP contribution is 2.22. The van der Waals surface area contributed by atoms with Gasteiger partial charge in [0.2, 0.25) is 0 Å². The molecule has 0 atom stereocenters. The first-order valence-electron chi connectivity index (χ1n) is 6.85. The lowest BCUT2D eigenvalue weighted by Gasteiger charge is -2.11. The van der Waals surface area contributed by atoms with Gasteiger partial charge in [0.05, 0.1) is 10.0 Å². The molecule has 4 nitrogen and oxygen atoms in total. The van der Waals surface area contributed by atoms with E-state index in [0.717, 1.165) is 18.5 Å². The molecular formula is C15H19Cl2N3OS. The highest BCUT2D eigenvalue weighted by Gasteiger charge is 2.00. The predicted octanol–water partition coefficient (Wildman–Crippen LogP) is 3.55. The second-order valence-electron chi connectivity index (χ2n) is 5.06. The molecule has 7 heteroatoms. The fourth-order valence-electron chi connectivity index (χ4n) is 1.47. The predicted molar refractivity (Wildman–Crippen MR) is 96.8 cm³/mol. The van der Waals surface area contributed by atoms with Crippen LogP contribution in [0.5, 0.6) is 0 Å². The van der Waals surface area contributed by atoms with E-state index in [1.807, 2.05) is 0 Å². The summed E-state index contributed by atoms with van der Waals surface area (Å²) < 4.78 is 0. The minimum atomic E-state index is -0.320. The lowest BCUT2D eigenvalue weighted by atomic mass is 10.1. The van der Waals surface area contributed by atoms with E-state index in [9.17, 15) is 4.79 Å². The van der Waals surface area contributed by atoms with Gasteiger partial charge < -0.3 is 5.32 Å². The number of halogens is 2. The molecule has 1 amide bonds. The second kappa shape index (κ2) is 9.66. The van der Waals surface area contributed by atoms with Gasteiger partial charge in [-0.05, 0) is 48.3 Å². The summed E-state index contributed by atoms with van der Waals surface area (Å²) in [4.78, 5) is 11.6. The third-order valence-electron chi connectivity index (χ3n) is 2.68. The van der Waals surface area contributed by atoms with Crippen LogP contribution in [-0.2, 0) is 4.79 Å². The number of carbonyl (C=O) groups excluding carboxylic acids is 1. The average molecular weight is 360 g/mol. The first-order chi connectivity index (χ1) is 10.4. The number of nitrogens with one attached hydrogen (secondary N) is 3. The summed E-state index contributed by atoms with van der Waals surface area (Å²) in [6, 6.07) is 5.12. The van der Waals surface area contributed by atoms with E-state index in [1.54, 1.807) is 24.3 Å². The quantitative estimate of drug-likeness (QED) is 0.427. The minimum absolute atomic E-state index is 0.320. The van der Waals surface area contributed by atoms with Crippen LogP contribution in [0.2, 0.25) is 10.0 Å². The Morgan fingerprint density at radius 1 is 1.27 bits per heavy atom. The van der Waals surface area contributed by atoms with Crippen molar-refractivity contribution in [2.75, 3.05) is 6.54 Å². The van der Waals surface area contributed by atoms with Crippen LogP contribution in [0, 0.1) is 5.92 Å². The van der Waals surface area contributed by atoms with Crippen molar-refractivity contribution in [1.29, 1.82) is 0 Å². The fourth-order valence-corrected chi connectivity index (χ4v) is 1.93. The van der Waals surface area contributed by atoms with Crippen molar-refractivity contribution in [3.05, 3.63) is 39.9 Å². The topological polar surface area (TPSA) is 53.2 Å². The van der Waals surface area contributed by atoms with Crippen molar-refractivity contribution in [2.45, 2.75) is 20.3 Å². The molecule has 0 heterocycles. The van der Waals surface area contributed by atoms with E-state index < -0.39 is 0 Å². The molecule has 1 aromatic rings. The largest absolute Gasteiger partial charge is 0.361 e. The highest BCUT2D eigenvalue weighted by molar-refractivity contribution is 7.80. The first-order valence-corrected chi connectivity index (χ1v) is 8.02. The Morgan fingerprint density at radius 3 is 2.64 bits per heavy atom. The number of hydrogen-bond donors (Lipinski definition) is 3. The summed E-state index contributed by atoms with van der Waals surface area (Å²) in [5.41, 5.74) is 5.89. The van der Waals surface area contributed by atoms with Crippen LogP contribution in [0.4, 0.5) is 0 Å². The highest BCUT2D eigenvalue weighted by atomic mass is 35.5. The van der Waals surface area contributed by atoms with Gasteiger partial charge in [-0.25, -0.2) is 0 Å². The number of amides is 1. The molecule has 1 aromatic carbocycles. The van der Waals surface area contributed by atoms with Crippen LogP contribution in [0.15, 0.2) is 24.3 Å². The Morgan fingerprint density at radius 2 is 2.00 bits per heavy atom. The maximum Gasteiger partial charge on any atom is 0.262 e. The molecule has 22 heavy (non-hydrogen) atoms. The van der Waals surface area contributed by atoms with Crippen molar-refractivity contribution >= 4 is 52.5 Å². The van der Waals surface area contributed by atoms with Crippen LogP contribution in [0.25, 0.3) is 6.08 Å². The van der Waals surface area contributed by atoms with Crippen LogP contribution in [0.3, 0.4) is 0 Å². The number of hydrogen-bond acceptors (Lipinski definition) is 2. The molecule has 0 aliphatic rings. The monoisotopic (exact) mass is 359 g/mol. The molecule has 0 fully saturated rings.